The number of halogens is 3. The molecule has 0 radical (unpaired) electrons. The number of rotatable bonds is 6. The summed E-state index contributed by atoms with van der Waals surface area (Å²) in [7, 11) is 0.933. The van der Waals surface area contributed by atoms with Crippen LogP contribution >= 0.6 is 22.9 Å². The van der Waals surface area contributed by atoms with Crippen LogP contribution in [-0.4, -0.2) is 64.6 Å². The Morgan fingerprint density at radius 3 is 2.64 bits per heavy atom. The van der Waals surface area contributed by atoms with Gasteiger partial charge in [0.05, 0.1) is 23.7 Å². The molecule has 4 heterocycles. The van der Waals surface area contributed by atoms with Crippen molar-refractivity contribution < 1.29 is 22.5 Å². The number of hydrogen-bond donors (Lipinski definition) is 0. The normalized spacial score (nSPS) is 20.3. The lowest BCUT2D eigenvalue weighted by Crippen LogP contribution is -2.46. The lowest BCUT2D eigenvalue weighted by atomic mass is 9.84. The van der Waals surface area contributed by atoms with Gasteiger partial charge in [-0.1, -0.05) is 25.4 Å². The van der Waals surface area contributed by atoms with Gasteiger partial charge >= 0.3 is 0 Å². The lowest BCUT2D eigenvalue weighted by Gasteiger charge is -2.45. The van der Waals surface area contributed by atoms with Crippen molar-refractivity contribution >= 4 is 33.7 Å². The van der Waals surface area contributed by atoms with Crippen LogP contribution in [0.1, 0.15) is 48.8 Å². The van der Waals surface area contributed by atoms with Gasteiger partial charge in [0.25, 0.3) is 0 Å². The zero-order valence-electron chi connectivity index (χ0n) is 19.7. The first-order chi connectivity index (χ1) is 15.9. The fourth-order valence-corrected chi connectivity index (χ4v) is 6.02. The predicted molar refractivity (Wildman–Crippen MR) is 131 cm³/mol. The summed E-state index contributed by atoms with van der Waals surface area (Å²) in [4.78, 5) is 3.70. The minimum Gasteiger partial charge on any atom is -0.374 e. The summed E-state index contributed by atoms with van der Waals surface area (Å²) in [6.07, 6.45) is 7.59. The van der Waals surface area contributed by atoms with Gasteiger partial charge in [-0.25, -0.2) is 8.78 Å². The molecule has 188 valence electrons. The summed E-state index contributed by atoms with van der Waals surface area (Å²) < 4.78 is 45.1. The second-order valence-electron chi connectivity index (χ2n) is 7.63. The topological polar surface area (TPSA) is 56.6 Å². The standard InChI is InChI=1S/C19H26ClN3O3S2.C2H6.CH2F2/c1-25-16-13-26-19(18-15(16)9-17(20)27-18)3-5-22(6-4-19)11-14-10-21-23(12-14)7-8-28(2)24;1-2;2-1-3/h9-10,12,16H,3-8,11,13H2,1-2H3;1-2H3;1H2. The molecule has 2 unspecified atom stereocenters. The zero-order valence-corrected chi connectivity index (χ0v) is 22.1. The van der Waals surface area contributed by atoms with Crippen molar-refractivity contribution in [1.82, 2.24) is 14.7 Å². The maximum atomic E-state index is 11.3. The maximum absolute atomic E-state index is 11.3. The van der Waals surface area contributed by atoms with Crippen molar-refractivity contribution in [3.63, 3.8) is 0 Å². The van der Waals surface area contributed by atoms with E-state index in [-0.39, 0.29) is 11.7 Å². The number of fused-ring (bicyclic) bond motifs is 2. The minimum absolute atomic E-state index is 0.0225. The second kappa shape index (κ2) is 13.8. The van der Waals surface area contributed by atoms with Crippen LogP contribution in [0.3, 0.4) is 0 Å². The average molecular weight is 526 g/mol. The van der Waals surface area contributed by atoms with Gasteiger partial charge in [-0.15, -0.1) is 11.3 Å². The van der Waals surface area contributed by atoms with E-state index in [2.05, 4.69) is 16.2 Å². The zero-order chi connectivity index (χ0) is 24.4. The molecule has 0 bridgehead atoms. The van der Waals surface area contributed by atoms with Gasteiger partial charge in [-0.05, 0) is 18.9 Å². The number of methoxy groups -OCH3 is 1. The SMILES string of the molecule is CC.COC1COC2(CCN(Cc3cnn(CCS(C)=O)c3)CC2)c2sc(Cl)cc21.FCF. The number of piperidine rings is 1. The number of hydrogen-bond acceptors (Lipinski definition) is 6. The van der Waals surface area contributed by atoms with Gasteiger partial charge in [0.1, 0.15) is 11.7 Å². The van der Waals surface area contributed by atoms with Crippen LogP contribution < -0.4 is 0 Å². The third-order valence-corrected chi connectivity index (χ3v) is 7.87. The molecule has 2 aromatic rings. The fourth-order valence-electron chi connectivity index (χ4n) is 4.09. The summed E-state index contributed by atoms with van der Waals surface area (Å²) in [5.41, 5.74) is 2.17. The molecular formula is C22H34ClF2N3O3S2. The highest BCUT2D eigenvalue weighted by Crippen LogP contribution is 2.49. The highest BCUT2D eigenvalue weighted by atomic mass is 35.5. The van der Waals surface area contributed by atoms with Crippen molar-refractivity contribution in [3.8, 4) is 0 Å². The molecule has 33 heavy (non-hydrogen) atoms. The molecule has 0 amide bonds. The molecule has 1 spiro atoms. The molecule has 0 N–H and O–H groups in total. The van der Waals surface area contributed by atoms with Gasteiger partial charge in [0.2, 0.25) is 6.93 Å². The van der Waals surface area contributed by atoms with E-state index in [1.165, 1.54) is 16.0 Å². The van der Waals surface area contributed by atoms with Crippen LogP contribution in [-0.2, 0) is 39.0 Å². The third kappa shape index (κ3) is 7.53. The Bertz CT molecular complexity index is 873. The average Bonchev–Trinajstić information content (AvgIpc) is 3.43. The molecule has 0 aromatic carbocycles. The molecule has 1 saturated heterocycles. The molecule has 2 atom stereocenters. The van der Waals surface area contributed by atoms with Gasteiger partial charge < -0.3 is 9.47 Å². The summed E-state index contributed by atoms with van der Waals surface area (Å²) in [5, 5.41) is 4.39. The molecule has 1 fully saturated rings. The number of ether oxygens (including phenoxy) is 2. The van der Waals surface area contributed by atoms with Crippen LogP contribution in [0.15, 0.2) is 18.5 Å². The molecule has 0 saturated carbocycles. The molecule has 2 aliphatic heterocycles. The van der Waals surface area contributed by atoms with E-state index in [0.717, 1.165) is 36.8 Å². The molecule has 2 aliphatic rings. The predicted octanol–water partition coefficient (Wildman–Crippen LogP) is 5.09. The maximum Gasteiger partial charge on any atom is 0.229 e. The van der Waals surface area contributed by atoms with Crippen molar-refractivity contribution in [2.24, 2.45) is 0 Å². The van der Waals surface area contributed by atoms with Gasteiger partial charge in [0, 0.05) is 71.8 Å². The first-order valence-corrected chi connectivity index (χ1v) is 13.9. The van der Waals surface area contributed by atoms with Crippen molar-refractivity contribution in [3.05, 3.63) is 38.8 Å². The smallest absolute Gasteiger partial charge is 0.229 e. The third-order valence-electron chi connectivity index (χ3n) is 5.65. The number of likely N-dealkylation sites (tertiary alicyclic amines) is 1. The van der Waals surface area contributed by atoms with Crippen molar-refractivity contribution in [2.45, 2.75) is 51.5 Å². The number of aromatic nitrogens is 2. The van der Waals surface area contributed by atoms with Crippen LogP contribution in [0.4, 0.5) is 8.78 Å². The summed E-state index contributed by atoms with van der Waals surface area (Å²) in [5.74, 6) is 0.638. The van der Waals surface area contributed by atoms with E-state index in [0.29, 0.717) is 18.9 Å². The largest absolute Gasteiger partial charge is 0.374 e. The van der Waals surface area contributed by atoms with E-state index in [1.54, 1.807) is 24.7 Å². The van der Waals surface area contributed by atoms with Crippen molar-refractivity contribution in [2.75, 3.05) is 45.7 Å². The van der Waals surface area contributed by atoms with Gasteiger partial charge in [-0.3, -0.25) is 13.8 Å². The summed E-state index contributed by atoms with van der Waals surface area (Å²) in [6, 6.07) is 2.05. The summed E-state index contributed by atoms with van der Waals surface area (Å²) >= 11 is 7.96. The second-order valence-corrected chi connectivity index (χ2v) is 10.9. The molecule has 6 nitrogen and oxygen atoms in total. The lowest BCUT2D eigenvalue weighted by molar-refractivity contribution is -0.135. The number of alkyl halides is 2. The van der Waals surface area contributed by atoms with E-state index in [4.69, 9.17) is 21.1 Å². The van der Waals surface area contributed by atoms with Gasteiger partial charge in [-0.2, -0.15) is 5.10 Å². The van der Waals surface area contributed by atoms with E-state index in [1.807, 2.05) is 30.8 Å². The Hall–Kier alpha value is -0.910. The number of aryl methyl sites for hydroxylation is 1. The fraction of sp³-hybridized carbons (Fsp3) is 0.682. The Labute approximate surface area is 206 Å². The minimum atomic E-state index is -1.75. The molecule has 2 aromatic heterocycles. The van der Waals surface area contributed by atoms with Crippen LogP contribution in [0, 0.1) is 0 Å². The Balaban J connectivity index is 0.000000714. The Kier molecular flexibility index (Phi) is 11.9. The van der Waals surface area contributed by atoms with E-state index in [9.17, 15) is 13.0 Å². The number of nitrogens with zero attached hydrogens (tertiary/aromatic N) is 3. The monoisotopic (exact) mass is 525 g/mol. The Morgan fingerprint density at radius 1 is 1.36 bits per heavy atom. The molecule has 0 aliphatic carbocycles. The first kappa shape index (κ1) is 28.3. The van der Waals surface area contributed by atoms with E-state index < -0.39 is 17.7 Å². The molecular weight excluding hydrogens is 492 g/mol. The van der Waals surface area contributed by atoms with Gasteiger partial charge in [0.15, 0.2) is 0 Å². The quantitative estimate of drug-likeness (QED) is 0.525. The van der Waals surface area contributed by atoms with Crippen LogP contribution in [0.25, 0.3) is 0 Å². The van der Waals surface area contributed by atoms with E-state index >= 15 is 0 Å². The highest BCUT2D eigenvalue weighted by molar-refractivity contribution is 7.84. The molecule has 4 rings (SSSR count). The van der Waals surface area contributed by atoms with Crippen LogP contribution in [0.2, 0.25) is 4.34 Å². The van der Waals surface area contributed by atoms with Crippen molar-refractivity contribution in [1.29, 1.82) is 0 Å². The summed E-state index contributed by atoms with van der Waals surface area (Å²) in [6.45, 7) is 6.35. The molecule has 11 heteroatoms. The first-order valence-electron chi connectivity index (χ1n) is 11.0. The number of thiophene rings is 1. The highest BCUT2D eigenvalue weighted by Gasteiger charge is 2.45. The Morgan fingerprint density at radius 2 is 2.03 bits per heavy atom. The van der Waals surface area contributed by atoms with Crippen LogP contribution in [0.5, 0.6) is 0 Å².